The average molecular weight is 309 g/mol. The summed E-state index contributed by atoms with van der Waals surface area (Å²) in [5, 5.41) is 0. The summed E-state index contributed by atoms with van der Waals surface area (Å²) in [6.45, 7) is 0. The Bertz CT molecular complexity index is 735. The predicted octanol–water partition coefficient (Wildman–Crippen LogP) is 2.59. The highest BCUT2D eigenvalue weighted by atomic mass is 16.5. The fraction of sp³-hybridized carbons (Fsp3) is 0.167. The van der Waals surface area contributed by atoms with Gasteiger partial charge in [-0.15, -0.1) is 0 Å². The van der Waals surface area contributed by atoms with Crippen LogP contribution in [0, 0.1) is 0 Å². The van der Waals surface area contributed by atoms with Crippen LogP contribution in [0.25, 0.3) is 0 Å². The smallest absolute Gasteiger partial charge is 0.307 e. The third kappa shape index (κ3) is 2.61. The highest BCUT2D eigenvalue weighted by Crippen LogP contribution is 2.33. The van der Waals surface area contributed by atoms with Crippen molar-refractivity contribution in [1.29, 1.82) is 0 Å². The van der Waals surface area contributed by atoms with Crippen molar-refractivity contribution < 1.29 is 19.1 Å². The number of imide groups is 1. The third-order valence-electron chi connectivity index (χ3n) is 3.91. The van der Waals surface area contributed by atoms with Gasteiger partial charge in [0.1, 0.15) is 0 Å². The number of carbonyl (C=O) groups excluding carboxylic acids is 3. The first-order valence-electron chi connectivity index (χ1n) is 7.22. The quantitative estimate of drug-likeness (QED) is 0.643. The van der Waals surface area contributed by atoms with E-state index in [9.17, 15) is 14.4 Å². The summed E-state index contributed by atoms with van der Waals surface area (Å²) < 4.78 is 4.72. The van der Waals surface area contributed by atoms with E-state index < -0.39 is 12.0 Å². The fourth-order valence-corrected chi connectivity index (χ4v) is 2.77. The van der Waals surface area contributed by atoms with Crippen molar-refractivity contribution in [2.24, 2.45) is 0 Å². The largest absolute Gasteiger partial charge is 0.469 e. The van der Waals surface area contributed by atoms with Crippen molar-refractivity contribution in [3.05, 3.63) is 71.3 Å². The van der Waals surface area contributed by atoms with E-state index in [4.69, 9.17) is 4.74 Å². The fourth-order valence-electron chi connectivity index (χ4n) is 2.77. The second-order valence-corrected chi connectivity index (χ2v) is 5.23. The molecular formula is C18H15NO4. The van der Waals surface area contributed by atoms with Gasteiger partial charge in [0.15, 0.2) is 0 Å². The van der Waals surface area contributed by atoms with E-state index >= 15 is 0 Å². The molecule has 0 fully saturated rings. The van der Waals surface area contributed by atoms with Crippen LogP contribution in [0.1, 0.15) is 38.7 Å². The summed E-state index contributed by atoms with van der Waals surface area (Å²) in [5.41, 5.74) is 1.44. The van der Waals surface area contributed by atoms with Gasteiger partial charge in [-0.3, -0.25) is 19.3 Å². The normalized spacial score (nSPS) is 14.6. The number of fused-ring (bicyclic) bond motifs is 1. The molecule has 0 saturated heterocycles. The number of hydrogen-bond acceptors (Lipinski definition) is 4. The first-order valence-corrected chi connectivity index (χ1v) is 7.22. The maximum absolute atomic E-state index is 12.6. The molecule has 3 rings (SSSR count). The monoisotopic (exact) mass is 309 g/mol. The van der Waals surface area contributed by atoms with Crippen molar-refractivity contribution >= 4 is 17.8 Å². The van der Waals surface area contributed by atoms with Crippen LogP contribution < -0.4 is 0 Å². The topological polar surface area (TPSA) is 63.7 Å². The zero-order chi connectivity index (χ0) is 16.4. The first-order chi connectivity index (χ1) is 11.1. The molecule has 1 aliphatic rings. The first kappa shape index (κ1) is 15.0. The van der Waals surface area contributed by atoms with Crippen LogP contribution in [-0.2, 0) is 9.53 Å². The maximum atomic E-state index is 12.6. The maximum Gasteiger partial charge on any atom is 0.307 e. The zero-order valence-electron chi connectivity index (χ0n) is 12.6. The van der Waals surface area contributed by atoms with Gasteiger partial charge in [0, 0.05) is 0 Å². The van der Waals surface area contributed by atoms with Gasteiger partial charge in [-0.05, 0) is 17.7 Å². The Morgan fingerprint density at radius 2 is 1.48 bits per heavy atom. The Labute approximate surface area is 133 Å². The molecule has 2 amide bonds. The van der Waals surface area contributed by atoms with E-state index in [1.807, 2.05) is 6.07 Å². The Morgan fingerprint density at radius 1 is 0.957 bits per heavy atom. The van der Waals surface area contributed by atoms with Gasteiger partial charge in [-0.1, -0.05) is 42.5 Å². The molecular weight excluding hydrogens is 294 g/mol. The lowest BCUT2D eigenvalue weighted by atomic mass is 10.0. The predicted molar refractivity (Wildman–Crippen MR) is 82.8 cm³/mol. The highest BCUT2D eigenvalue weighted by Gasteiger charge is 2.41. The molecule has 0 aromatic heterocycles. The Hall–Kier alpha value is -2.95. The van der Waals surface area contributed by atoms with Crippen LogP contribution in [0.3, 0.4) is 0 Å². The van der Waals surface area contributed by atoms with Crippen molar-refractivity contribution in [1.82, 2.24) is 4.90 Å². The molecule has 0 spiro atoms. The molecule has 0 saturated carbocycles. The summed E-state index contributed by atoms with van der Waals surface area (Å²) in [4.78, 5) is 38.2. The SMILES string of the molecule is COC(=O)C[C@@H](c1ccccc1)N1C(=O)c2ccccc2C1=O. The molecule has 5 heteroatoms. The minimum absolute atomic E-state index is 0.0774. The van der Waals surface area contributed by atoms with E-state index in [1.165, 1.54) is 7.11 Å². The molecule has 1 atom stereocenters. The van der Waals surface area contributed by atoms with Crippen LogP contribution in [0.5, 0.6) is 0 Å². The number of rotatable bonds is 4. The summed E-state index contributed by atoms with van der Waals surface area (Å²) in [6.07, 6.45) is -0.0774. The van der Waals surface area contributed by atoms with Gasteiger partial charge < -0.3 is 4.74 Å². The van der Waals surface area contributed by atoms with E-state index in [1.54, 1.807) is 48.5 Å². The van der Waals surface area contributed by atoms with Crippen molar-refractivity contribution in [3.63, 3.8) is 0 Å². The summed E-state index contributed by atoms with van der Waals surface area (Å²) >= 11 is 0. The molecule has 0 N–H and O–H groups in total. The molecule has 5 nitrogen and oxygen atoms in total. The lowest BCUT2D eigenvalue weighted by molar-refractivity contribution is -0.141. The van der Waals surface area contributed by atoms with Crippen LogP contribution >= 0.6 is 0 Å². The standard InChI is InChI=1S/C18H15NO4/c1-23-16(20)11-15(12-7-3-2-4-8-12)19-17(21)13-9-5-6-10-14(13)18(19)22/h2-10,15H,11H2,1H3/t15-/m0/s1. The van der Waals surface area contributed by atoms with Gasteiger partial charge in [-0.2, -0.15) is 0 Å². The van der Waals surface area contributed by atoms with E-state index in [-0.39, 0.29) is 18.2 Å². The number of carbonyl (C=O) groups is 3. The number of esters is 1. The van der Waals surface area contributed by atoms with Gasteiger partial charge >= 0.3 is 5.97 Å². The molecule has 2 aromatic carbocycles. The Balaban J connectivity index is 2.03. The minimum atomic E-state index is -0.684. The van der Waals surface area contributed by atoms with Crippen LogP contribution in [0.2, 0.25) is 0 Å². The second-order valence-electron chi connectivity index (χ2n) is 5.23. The van der Waals surface area contributed by atoms with Crippen molar-refractivity contribution in [2.45, 2.75) is 12.5 Å². The summed E-state index contributed by atoms with van der Waals surface area (Å²) in [7, 11) is 1.28. The number of benzene rings is 2. The second kappa shape index (κ2) is 6.04. The molecule has 0 unspecified atom stereocenters. The zero-order valence-corrected chi connectivity index (χ0v) is 12.6. The molecule has 116 valence electrons. The van der Waals surface area contributed by atoms with Crippen LogP contribution in [0.15, 0.2) is 54.6 Å². The third-order valence-corrected chi connectivity index (χ3v) is 3.91. The van der Waals surface area contributed by atoms with Crippen molar-refractivity contribution in [2.75, 3.05) is 7.11 Å². The lowest BCUT2D eigenvalue weighted by Gasteiger charge is -2.25. The number of hydrogen-bond donors (Lipinski definition) is 0. The molecule has 23 heavy (non-hydrogen) atoms. The van der Waals surface area contributed by atoms with Gasteiger partial charge in [0.2, 0.25) is 0 Å². The average Bonchev–Trinajstić information content (AvgIpc) is 2.85. The Morgan fingerprint density at radius 3 is 2.00 bits per heavy atom. The van der Waals surface area contributed by atoms with Crippen molar-refractivity contribution in [3.8, 4) is 0 Å². The van der Waals surface area contributed by atoms with Crippen LogP contribution in [0.4, 0.5) is 0 Å². The molecule has 2 aromatic rings. The van der Waals surface area contributed by atoms with E-state index in [0.717, 1.165) is 4.90 Å². The van der Waals surface area contributed by atoms with Crippen LogP contribution in [-0.4, -0.2) is 29.8 Å². The minimum Gasteiger partial charge on any atom is -0.469 e. The summed E-state index contributed by atoms with van der Waals surface area (Å²) in [5.74, 6) is -1.25. The Kier molecular flexibility index (Phi) is 3.93. The molecule has 0 radical (unpaired) electrons. The molecule has 1 heterocycles. The number of nitrogens with zero attached hydrogens (tertiary/aromatic N) is 1. The van der Waals surface area contributed by atoms with E-state index in [0.29, 0.717) is 16.7 Å². The van der Waals surface area contributed by atoms with E-state index in [2.05, 4.69) is 0 Å². The summed E-state index contributed by atoms with van der Waals surface area (Å²) in [6, 6.07) is 15.0. The lowest BCUT2D eigenvalue weighted by Crippen LogP contribution is -2.35. The number of methoxy groups -OCH3 is 1. The molecule has 1 aliphatic heterocycles. The molecule has 0 bridgehead atoms. The van der Waals surface area contributed by atoms with Gasteiger partial charge in [0.05, 0.1) is 30.7 Å². The number of amides is 2. The highest BCUT2D eigenvalue weighted by molar-refractivity contribution is 6.21. The van der Waals surface area contributed by atoms with Gasteiger partial charge in [-0.25, -0.2) is 0 Å². The van der Waals surface area contributed by atoms with Gasteiger partial charge in [0.25, 0.3) is 11.8 Å². The molecule has 0 aliphatic carbocycles. The number of ether oxygens (including phenoxy) is 1.